The van der Waals surface area contributed by atoms with Crippen molar-refractivity contribution in [2.24, 2.45) is 0 Å². The van der Waals surface area contributed by atoms with Gasteiger partial charge in [-0.15, -0.1) is 0 Å². The summed E-state index contributed by atoms with van der Waals surface area (Å²) in [6, 6.07) is 0. The second-order valence-corrected chi connectivity index (χ2v) is 21.0. The second-order valence-electron chi connectivity index (χ2n) is 6.24. The number of rotatable bonds is 8. The third kappa shape index (κ3) is 6.86. The molecule has 0 amide bonds. The summed E-state index contributed by atoms with van der Waals surface area (Å²) in [5.41, 5.74) is -0.534. The van der Waals surface area contributed by atoms with Crippen LogP contribution in [0.5, 0.6) is 0 Å². The topological polar surface area (TPSA) is 20.2 Å². The van der Waals surface area contributed by atoms with Crippen molar-refractivity contribution in [3.05, 3.63) is 10.2 Å². The molecule has 1 aliphatic rings. The van der Waals surface area contributed by atoms with Crippen molar-refractivity contribution in [2.45, 2.75) is 86.1 Å². The Hall–Kier alpha value is 0.789. The van der Waals surface area contributed by atoms with Crippen LogP contribution in [0, 0.1) is 0 Å². The van der Waals surface area contributed by atoms with Gasteiger partial charge in [0.25, 0.3) is 0 Å². The Kier molecular flexibility index (Phi) is 8.39. The quantitative estimate of drug-likeness (QED) is 0.535. The van der Waals surface area contributed by atoms with E-state index >= 15 is 0 Å². The Morgan fingerprint density at radius 1 is 1.05 bits per heavy atom. The van der Waals surface area contributed by atoms with Crippen LogP contribution in [0.4, 0.5) is 0 Å². The second kappa shape index (κ2) is 8.94. The third-order valence-electron chi connectivity index (χ3n) is 4.30. The summed E-state index contributed by atoms with van der Waals surface area (Å²) in [4.78, 5) is 0. The summed E-state index contributed by atoms with van der Waals surface area (Å²) in [6.07, 6.45) is 12.6. The van der Waals surface area contributed by atoms with Gasteiger partial charge in [0.15, 0.2) is 0 Å². The van der Waals surface area contributed by atoms with Crippen molar-refractivity contribution >= 4 is 26.2 Å². The summed E-state index contributed by atoms with van der Waals surface area (Å²) < 4.78 is 4.80. The third-order valence-corrected chi connectivity index (χ3v) is 16.6. The average molecular weight is 394 g/mol. The molecule has 0 aromatic rings. The molecule has 0 spiro atoms. The first-order valence-corrected chi connectivity index (χ1v) is 17.5. The van der Waals surface area contributed by atoms with Gasteiger partial charge in [-0.05, 0) is 0 Å². The molecule has 1 fully saturated rings. The Labute approximate surface area is 127 Å². The molecule has 1 aliphatic carbocycles. The number of hydrogen-bond donors (Lipinski definition) is 1. The summed E-state index contributed by atoms with van der Waals surface area (Å²) in [7, 11) is 6.99. The number of hydrogen-bond acceptors (Lipinski definition) is 1. The maximum atomic E-state index is 10.6. The van der Waals surface area contributed by atoms with Crippen molar-refractivity contribution in [1.29, 1.82) is 0 Å². The van der Waals surface area contributed by atoms with Crippen molar-refractivity contribution in [2.75, 3.05) is 0 Å². The molecule has 3 heteroatoms. The van der Waals surface area contributed by atoms with Crippen molar-refractivity contribution < 1.29 is 5.11 Å². The molecule has 0 unspecified atom stereocenters. The van der Waals surface area contributed by atoms with Crippen molar-refractivity contribution in [1.82, 2.24) is 0 Å². The maximum absolute atomic E-state index is 10.6. The molecule has 0 bridgehead atoms. The Morgan fingerprint density at radius 2 is 1.58 bits per heavy atom. The van der Waals surface area contributed by atoms with Gasteiger partial charge in [0.2, 0.25) is 0 Å². The number of unbranched alkanes of at least 4 members (excludes halogenated alkanes) is 2. The van der Waals surface area contributed by atoms with Crippen molar-refractivity contribution in [3.8, 4) is 0 Å². The number of halogens is 1. The minimum atomic E-state index is -2.59. The van der Waals surface area contributed by atoms with Crippen LogP contribution in [0.2, 0.25) is 8.87 Å². The van der Waals surface area contributed by atoms with Crippen molar-refractivity contribution in [3.63, 3.8) is 0 Å². The van der Waals surface area contributed by atoms with Crippen LogP contribution in [0.15, 0.2) is 10.2 Å². The first-order valence-electron chi connectivity index (χ1n) is 8.15. The van der Waals surface area contributed by atoms with Gasteiger partial charge in [-0.2, -0.15) is 0 Å². The number of aliphatic hydroxyl groups is 1. The SMILES string of the molecule is CCC[CH2][Sn]([Cl])(/[CH]=C\C1(O)CCCCC1)[CH2]CCC. The normalized spacial score (nSPS) is 20.0. The van der Waals surface area contributed by atoms with E-state index in [-0.39, 0.29) is 0 Å². The van der Waals surface area contributed by atoms with Gasteiger partial charge in [0.05, 0.1) is 0 Å². The molecule has 112 valence electrons. The fraction of sp³-hybridized carbons (Fsp3) is 0.875. The molecule has 0 atom stereocenters. The fourth-order valence-electron chi connectivity index (χ4n) is 2.87. The molecule has 1 rings (SSSR count). The van der Waals surface area contributed by atoms with Gasteiger partial charge < -0.3 is 0 Å². The summed E-state index contributed by atoms with van der Waals surface area (Å²) in [5.74, 6) is 0. The molecule has 0 aromatic carbocycles. The van der Waals surface area contributed by atoms with E-state index in [4.69, 9.17) is 8.92 Å². The molecule has 0 aromatic heterocycles. The van der Waals surface area contributed by atoms with Crippen LogP contribution < -0.4 is 0 Å². The molecule has 0 radical (unpaired) electrons. The van der Waals surface area contributed by atoms with Gasteiger partial charge in [-0.25, -0.2) is 0 Å². The fourth-order valence-corrected chi connectivity index (χ4v) is 13.9. The van der Waals surface area contributed by atoms with Crippen LogP contribution in [-0.4, -0.2) is 28.0 Å². The molecule has 0 heterocycles. The van der Waals surface area contributed by atoms with Gasteiger partial charge in [0, 0.05) is 0 Å². The van der Waals surface area contributed by atoms with E-state index in [1.807, 2.05) is 0 Å². The summed E-state index contributed by atoms with van der Waals surface area (Å²) >= 11 is -2.59. The zero-order valence-electron chi connectivity index (χ0n) is 12.8. The van der Waals surface area contributed by atoms with Crippen LogP contribution in [0.3, 0.4) is 0 Å². The van der Waals surface area contributed by atoms with E-state index in [1.165, 1.54) is 41.0 Å². The van der Waals surface area contributed by atoms with E-state index in [1.54, 1.807) is 0 Å². The molecule has 19 heavy (non-hydrogen) atoms. The zero-order valence-corrected chi connectivity index (χ0v) is 16.4. The van der Waals surface area contributed by atoms with Crippen LogP contribution >= 0.6 is 8.92 Å². The molecular formula is C16H31ClOSn. The molecule has 1 nitrogen and oxygen atoms in total. The van der Waals surface area contributed by atoms with Gasteiger partial charge in [-0.3, -0.25) is 0 Å². The monoisotopic (exact) mass is 394 g/mol. The van der Waals surface area contributed by atoms with Crippen LogP contribution in [0.25, 0.3) is 0 Å². The van der Waals surface area contributed by atoms with E-state index in [0.717, 1.165) is 25.7 Å². The van der Waals surface area contributed by atoms with Gasteiger partial charge >= 0.3 is 128 Å². The Morgan fingerprint density at radius 3 is 2.05 bits per heavy atom. The first-order chi connectivity index (χ1) is 9.04. The molecular weight excluding hydrogens is 362 g/mol. The van der Waals surface area contributed by atoms with Gasteiger partial charge in [0.1, 0.15) is 0 Å². The average Bonchev–Trinajstić information content (AvgIpc) is 2.42. The Balaban J connectivity index is 2.63. The van der Waals surface area contributed by atoms with Crippen LogP contribution in [-0.2, 0) is 0 Å². The summed E-state index contributed by atoms with van der Waals surface area (Å²) in [6.45, 7) is 4.47. The van der Waals surface area contributed by atoms with E-state index in [0.29, 0.717) is 0 Å². The molecule has 1 saturated carbocycles. The van der Waals surface area contributed by atoms with E-state index in [2.05, 4.69) is 24.0 Å². The predicted octanol–water partition coefficient (Wildman–Crippen LogP) is 5.56. The minimum absolute atomic E-state index is 0.534. The molecule has 0 saturated heterocycles. The standard InChI is InChI=1S/C8H13O.2C4H9.ClH.Sn/c1-2-8(9)6-4-3-5-7-8;2*1-3-4-2;;/h1-2,9H,3-7H2;2*1,3-4H2,2H3;1H;/q;;;;+1/p-1. The Bertz CT molecular complexity index is 264. The zero-order chi connectivity index (χ0) is 14.2. The van der Waals surface area contributed by atoms with Crippen LogP contribution in [0.1, 0.15) is 71.6 Å². The van der Waals surface area contributed by atoms with E-state index in [9.17, 15) is 5.11 Å². The van der Waals surface area contributed by atoms with Gasteiger partial charge in [-0.1, -0.05) is 0 Å². The van der Waals surface area contributed by atoms with E-state index < -0.39 is 22.9 Å². The summed E-state index contributed by atoms with van der Waals surface area (Å²) in [5, 5.41) is 10.6. The first kappa shape index (κ1) is 17.8. The predicted molar refractivity (Wildman–Crippen MR) is 88.2 cm³/mol. The molecule has 0 aliphatic heterocycles. The molecule has 1 N–H and O–H groups in total.